The fourth-order valence-electron chi connectivity index (χ4n) is 3.69. The summed E-state index contributed by atoms with van der Waals surface area (Å²) in [4.78, 5) is 38.3. The molecule has 0 aliphatic carbocycles. The van der Waals surface area contributed by atoms with E-state index in [1.165, 1.54) is 4.68 Å². The minimum Gasteiger partial charge on any atom is -0.347 e. The first-order chi connectivity index (χ1) is 16.8. The Balaban J connectivity index is 1.53. The third-order valence-electron chi connectivity index (χ3n) is 5.72. The Labute approximate surface area is 211 Å². The minimum atomic E-state index is -0.862. The van der Waals surface area contributed by atoms with E-state index in [2.05, 4.69) is 32.0 Å². The maximum Gasteiger partial charge on any atom is 0.328 e. The summed E-state index contributed by atoms with van der Waals surface area (Å²) in [6.45, 7) is 4.28. The predicted octanol–water partition coefficient (Wildman–Crippen LogP) is 4.70. The number of aromatic nitrogens is 1. The summed E-state index contributed by atoms with van der Waals surface area (Å²) in [6.07, 6.45) is 0.601. The molecule has 0 radical (unpaired) electrons. The summed E-state index contributed by atoms with van der Waals surface area (Å²) >= 11 is 3.43. The molecule has 0 saturated carbocycles. The lowest BCUT2D eigenvalue weighted by Gasteiger charge is -2.13. The molecule has 1 aromatic heterocycles. The first-order valence-corrected chi connectivity index (χ1v) is 11.9. The molecule has 35 heavy (non-hydrogen) atoms. The molecule has 3 amide bonds. The van der Waals surface area contributed by atoms with Gasteiger partial charge in [0.25, 0.3) is 5.91 Å². The van der Waals surface area contributed by atoms with Crippen molar-refractivity contribution in [2.24, 2.45) is 0 Å². The SMILES string of the molecule is Cc1ccc(NC(=O)c2cc3cc(Br)ccc3n2NC(=O)C(=O)NCCc2ccccc2)cc1C. The number of fused-ring (bicyclic) bond motifs is 1. The quantitative estimate of drug-likeness (QED) is 0.314. The summed E-state index contributed by atoms with van der Waals surface area (Å²) < 4.78 is 2.17. The molecule has 0 fully saturated rings. The molecule has 0 aliphatic rings. The van der Waals surface area contributed by atoms with Gasteiger partial charge < -0.3 is 10.6 Å². The predicted molar refractivity (Wildman–Crippen MR) is 141 cm³/mol. The van der Waals surface area contributed by atoms with E-state index in [0.717, 1.165) is 26.5 Å². The van der Waals surface area contributed by atoms with E-state index < -0.39 is 17.7 Å². The van der Waals surface area contributed by atoms with Crippen LogP contribution in [0.3, 0.4) is 0 Å². The third-order valence-corrected chi connectivity index (χ3v) is 6.22. The second-order valence-electron chi connectivity index (χ2n) is 8.25. The molecule has 0 spiro atoms. The van der Waals surface area contributed by atoms with Crippen LogP contribution in [0.4, 0.5) is 5.69 Å². The van der Waals surface area contributed by atoms with E-state index in [4.69, 9.17) is 0 Å². The van der Waals surface area contributed by atoms with Gasteiger partial charge in [0.2, 0.25) is 0 Å². The minimum absolute atomic E-state index is 0.196. The number of hydrogen-bond donors (Lipinski definition) is 3. The normalized spacial score (nSPS) is 10.7. The Morgan fingerprint density at radius 2 is 1.63 bits per heavy atom. The van der Waals surface area contributed by atoms with Crippen LogP contribution in [0.1, 0.15) is 27.2 Å². The van der Waals surface area contributed by atoms with Crippen LogP contribution in [0.25, 0.3) is 10.9 Å². The monoisotopic (exact) mass is 532 g/mol. The van der Waals surface area contributed by atoms with Crippen molar-refractivity contribution in [2.45, 2.75) is 20.3 Å². The topological polar surface area (TPSA) is 92.2 Å². The largest absolute Gasteiger partial charge is 0.347 e. The summed E-state index contributed by atoms with van der Waals surface area (Å²) in [6, 6.07) is 22.4. The van der Waals surface area contributed by atoms with Crippen LogP contribution in [-0.4, -0.2) is 28.9 Å². The zero-order valence-electron chi connectivity index (χ0n) is 19.4. The highest BCUT2D eigenvalue weighted by molar-refractivity contribution is 9.10. The molecule has 0 saturated heterocycles. The van der Waals surface area contributed by atoms with Crippen LogP contribution >= 0.6 is 15.9 Å². The highest BCUT2D eigenvalue weighted by Crippen LogP contribution is 2.24. The van der Waals surface area contributed by atoms with Crippen LogP contribution < -0.4 is 16.1 Å². The molecule has 3 N–H and O–H groups in total. The van der Waals surface area contributed by atoms with E-state index in [0.29, 0.717) is 24.2 Å². The summed E-state index contributed by atoms with van der Waals surface area (Å²) in [7, 11) is 0. The molecule has 4 aromatic rings. The van der Waals surface area contributed by atoms with Gasteiger partial charge >= 0.3 is 11.8 Å². The van der Waals surface area contributed by atoms with E-state index >= 15 is 0 Å². The van der Waals surface area contributed by atoms with Crippen LogP contribution in [0, 0.1) is 13.8 Å². The van der Waals surface area contributed by atoms with E-state index in [1.807, 2.05) is 68.4 Å². The molecule has 0 atom stereocenters. The Morgan fingerprint density at radius 1 is 0.857 bits per heavy atom. The molecular weight excluding hydrogens is 508 g/mol. The number of nitrogens with zero attached hydrogens (tertiary/aromatic N) is 1. The van der Waals surface area contributed by atoms with E-state index in [-0.39, 0.29) is 5.69 Å². The highest BCUT2D eigenvalue weighted by atomic mass is 79.9. The fourth-order valence-corrected chi connectivity index (χ4v) is 4.06. The van der Waals surface area contributed by atoms with Gasteiger partial charge in [-0.1, -0.05) is 52.3 Å². The molecule has 0 bridgehead atoms. The van der Waals surface area contributed by atoms with Crippen molar-refractivity contribution in [1.82, 2.24) is 9.99 Å². The molecule has 0 unspecified atom stereocenters. The maximum absolute atomic E-state index is 13.2. The van der Waals surface area contributed by atoms with Gasteiger partial charge in [-0.05, 0) is 73.4 Å². The Kier molecular flexibility index (Phi) is 7.31. The van der Waals surface area contributed by atoms with Gasteiger partial charge in [0.1, 0.15) is 5.69 Å². The van der Waals surface area contributed by atoms with Gasteiger partial charge in [0.05, 0.1) is 5.52 Å². The lowest BCUT2D eigenvalue weighted by atomic mass is 10.1. The molecule has 0 aliphatic heterocycles. The highest BCUT2D eigenvalue weighted by Gasteiger charge is 2.21. The molecule has 7 nitrogen and oxygen atoms in total. The zero-order valence-corrected chi connectivity index (χ0v) is 21.0. The van der Waals surface area contributed by atoms with Crippen LogP contribution in [-0.2, 0) is 16.0 Å². The number of nitrogens with one attached hydrogen (secondary N) is 3. The van der Waals surface area contributed by atoms with Crippen molar-refractivity contribution < 1.29 is 14.4 Å². The van der Waals surface area contributed by atoms with Crippen molar-refractivity contribution in [3.8, 4) is 0 Å². The fraction of sp³-hybridized carbons (Fsp3) is 0.148. The van der Waals surface area contributed by atoms with Crippen LogP contribution in [0.5, 0.6) is 0 Å². The molecule has 4 rings (SSSR count). The number of amides is 3. The first-order valence-electron chi connectivity index (χ1n) is 11.1. The lowest BCUT2D eigenvalue weighted by Crippen LogP contribution is -2.40. The number of rotatable bonds is 6. The van der Waals surface area contributed by atoms with Gasteiger partial charge in [0.15, 0.2) is 0 Å². The Bertz CT molecular complexity index is 1410. The van der Waals surface area contributed by atoms with E-state index in [1.54, 1.807) is 18.2 Å². The van der Waals surface area contributed by atoms with Gasteiger partial charge in [-0.2, -0.15) is 0 Å². The van der Waals surface area contributed by atoms with Crippen molar-refractivity contribution >= 4 is 50.2 Å². The van der Waals surface area contributed by atoms with Gasteiger partial charge in [0, 0.05) is 22.1 Å². The number of anilines is 1. The summed E-state index contributed by atoms with van der Waals surface area (Å²) in [5.41, 5.74) is 7.22. The van der Waals surface area contributed by atoms with Gasteiger partial charge in [-0.3, -0.25) is 19.8 Å². The number of carbonyl (C=O) groups excluding carboxylic acids is 3. The molecule has 1 heterocycles. The van der Waals surface area contributed by atoms with Crippen molar-refractivity contribution in [2.75, 3.05) is 17.3 Å². The standard InChI is InChI=1S/C27H25BrN4O3/c1-17-8-10-22(14-18(17)2)30-25(33)24-16-20-15-21(28)9-11-23(20)32(24)31-27(35)26(34)29-13-12-19-6-4-3-5-7-19/h3-11,14-16H,12-13H2,1-2H3,(H,29,34)(H,30,33)(H,31,35). The smallest absolute Gasteiger partial charge is 0.328 e. The number of aryl methyl sites for hydroxylation is 2. The van der Waals surface area contributed by atoms with Crippen LogP contribution in [0.15, 0.2) is 77.3 Å². The Hall–Kier alpha value is -3.91. The number of benzene rings is 3. The van der Waals surface area contributed by atoms with Crippen molar-refractivity contribution in [1.29, 1.82) is 0 Å². The third kappa shape index (κ3) is 5.78. The Morgan fingerprint density at radius 3 is 2.37 bits per heavy atom. The van der Waals surface area contributed by atoms with Gasteiger partial charge in [-0.25, -0.2) is 4.68 Å². The molecule has 3 aromatic carbocycles. The van der Waals surface area contributed by atoms with Crippen LogP contribution in [0.2, 0.25) is 0 Å². The lowest BCUT2D eigenvalue weighted by molar-refractivity contribution is -0.136. The summed E-state index contributed by atoms with van der Waals surface area (Å²) in [5, 5.41) is 6.23. The molecule has 178 valence electrons. The number of halogens is 1. The second kappa shape index (κ2) is 10.6. The molecule has 8 heteroatoms. The average molecular weight is 533 g/mol. The maximum atomic E-state index is 13.2. The van der Waals surface area contributed by atoms with E-state index in [9.17, 15) is 14.4 Å². The molecular formula is C27H25BrN4O3. The second-order valence-corrected chi connectivity index (χ2v) is 9.17. The summed E-state index contributed by atoms with van der Waals surface area (Å²) in [5.74, 6) is -2.05. The zero-order chi connectivity index (χ0) is 24.9. The number of carbonyl (C=O) groups is 3. The van der Waals surface area contributed by atoms with Crippen molar-refractivity contribution in [3.05, 3.63) is 99.7 Å². The van der Waals surface area contributed by atoms with Gasteiger partial charge in [-0.15, -0.1) is 0 Å². The number of hydrogen-bond acceptors (Lipinski definition) is 3. The average Bonchev–Trinajstić information content (AvgIpc) is 3.19. The first kappa shape index (κ1) is 24.2. The van der Waals surface area contributed by atoms with Crippen molar-refractivity contribution in [3.63, 3.8) is 0 Å².